The highest BCUT2D eigenvalue weighted by molar-refractivity contribution is 6.31. The van der Waals surface area contributed by atoms with Crippen LogP contribution in [0.3, 0.4) is 0 Å². The molecule has 0 radical (unpaired) electrons. The van der Waals surface area contributed by atoms with Gasteiger partial charge in [0.1, 0.15) is 5.82 Å². The minimum atomic E-state index is -0.431. The zero-order valence-electron chi connectivity index (χ0n) is 11.6. The first-order chi connectivity index (χ1) is 9.54. The van der Waals surface area contributed by atoms with E-state index in [4.69, 9.17) is 17.3 Å². The molecular weight excluding hydrogens is 279 g/mol. The van der Waals surface area contributed by atoms with Crippen molar-refractivity contribution in [3.63, 3.8) is 0 Å². The van der Waals surface area contributed by atoms with E-state index < -0.39 is 5.82 Å². The first-order valence-corrected chi connectivity index (χ1v) is 7.36. The number of likely N-dealkylation sites (tertiary alicyclic amines) is 1. The van der Waals surface area contributed by atoms with E-state index in [2.05, 4.69) is 0 Å². The number of carbonyl (C=O) groups is 1. The predicted octanol–water partition coefficient (Wildman–Crippen LogP) is 2.75. The van der Waals surface area contributed by atoms with Gasteiger partial charge in [0.05, 0.1) is 6.42 Å². The second kappa shape index (κ2) is 6.55. The zero-order chi connectivity index (χ0) is 14.7. The van der Waals surface area contributed by atoms with Crippen molar-refractivity contribution >= 4 is 17.5 Å². The van der Waals surface area contributed by atoms with Crippen LogP contribution in [-0.4, -0.2) is 29.4 Å². The molecule has 20 heavy (non-hydrogen) atoms. The van der Waals surface area contributed by atoms with Crippen molar-refractivity contribution in [1.29, 1.82) is 0 Å². The molecular formula is C15H20ClFN2O. The quantitative estimate of drug-likeness (QED) is 0.932. The molecule has 0 saturated carbocycles. The molecule has 5 heteroatoms. The van der Waals surface area contributed by atoms with Gasteiger partial charge in [-0.3, -0.25) is 4.79 Å². The Hall–Kier alpha value is -1.13. The molecule has 2 unspecified atom stereocenters. The Bertz CT molecular complexity index is 475. The average molecular weight is 299 g/mol. The summed E-state index contributed by atoms with van der Waals surface area (Å²) < 4.78 is 13.8. The maximum absolute atomic E-state index is 13.8. The summed E-state index contributed by atoms with van der Waals surface area (Å²) in [7, 11) is 0. The van der Waals surface area contributed by atoms with E-state index in [9.17, 15) is 9.18 Å². The minimum Gasteiger partial charge on any atom is -0.335 e. The number of hydrogen-bond acceptors (Lipinski definition) is 2. The molecule has 110 valence electrons. The standard InChI is InChI=1S/C15H20ClFN2O/c1-10-4-2-5-11(9-18)19(10)15(20)8-12-13(16)6-3-7-14(12)17/h3,6-7,10-11H,2,4-5,8-9,18H2,1H3. The summed E-state index contributed by atoms with van der Waals surface area (Å²) in [5.74, 6) is -0.528. The van der Waals surface area contributed by atoms with Crippen LogP contribution in [0.1, 0.15) is 31.7 Å². The van der Waals surface area contributed by atoms with Crippen molar-refractivity contribution in [2.75, 3.05) is 6.54 Å². The molecule has 1 heterocycles. The topological polar surface area (TPSA) is 46.3 Å². The number of hydrogen-bond donors (Lipinski definition) is 1. The molecule has 2 N–H and O–H groups in total. The smallest absolute Gasteiger partial charge is 0.227 e. The highest BCUT2D eigenvalue weighted by atomic mass is 35.5. The van der Waals surface area contributed by atoms with Gasteiger partial charge in [-0.25, -0.2) is 4.39 Å². The van der Waals surface area contributed by atoms with E-state index in [1.165, 1.54) is 12.1 Å². The molecule has 1 aromatic rings. The minimum absolute atomic E-state index is 0.00759. The van der Waals surface area contributed by atoms with Gasteiger partial charge in [0, 0.05) is 29.2 Å². The maximum Gasteiger partial charge on any atom is 0.227 e. The van der Waals surface area contributed by atoms with E-state index >= 15 is 0 Å². The van der Waals surface area contributed by atoms with Crippen LogP contribution < -0.4 is 5.73 Å². The van der Waals surface area contributed by atoms with Crippen molar-refractivity contribution in [2.45, 2.75) is 44.7 Å². The van der Waals surface area contributed by atoms with Crippen molar-refractivity contribution in [3.8, 4) is 0 Å². The highest BCUT2D eigenvalue weighted by Crippen LogP contribution is 2.25. The molecule has 0 aromatic heterocycles. The number of nitrogens with two attached hydrogens (primary N) is 1. The van der Waals surface area contributed by atoms with E-state index in [0.29, 0.717) is 11.6 Å². The summed E-state index contributed by atoms with van der Waals surface area (Å²) in [6.07, 6.45) is 2.95. The lowest BCUT2D eigenvalue weighted by Crippen LogP contribution is -2.52. The van der Waals surface area contributed by atoms with Crippen LogP contribution in [0.4, 0.5) is 4.39 Å². The van der Waals surface area contributed by atoms with Gasteiger partial charge >= 0.3 is 0 Å². The number of rotatable bonds is 3. The van der Waals surface area contributed by atoms with Crippen LogP contribution in [0.5, 0.6) is 0 Å². The van der Waals surface area contributed by atoms with Gasteiger partial charge in [0.25, 0.3) is 0 Å². The predicted molar refractivity (Wildman–Crippen MR) is 78.1 cm³/mol. The fraction of sp³-hybridized carbons (Fsp3) is 0.533. The maximum atomic E-state index is 13.8. The SMILES string of the molecule is CC1CCCC(CN)N1C(=O)Cc1c(F)cccc1Cl. The van der Waals surface area contributed by atoms with Crippen LogP contribution in [-0.2, 0) is 11.2 Å². The summed E-state index contributed by atoms with van der Waals surface area (Å²) in [6.45, 7) is 2.46. The van der Waals surface area contributed by atoms with Gasteiger partial charge in [-0.05, 0) is 38.3 Å². The van der Waals surface area contributed by atoms with Crippen molar-refractivity contribution < 1.29 is 9.18 Å². The van der Waals surface area contributed by atoms with E-state index in [0.717, 1.165) is 19.3 Å². The number of benzene rings is 1. The van der Waals surface area contributed by atoms with E-state index in [-0.39, 0.29) is 30.0 Å². The molecule has 1 amide bonds. The fourth-order valence-corrected chi connectivity index (χ4v) is 3.14. The Kier molecular flexibility index (Phi) is 5.00. The van der Waals surface area contributed by atoms with Crippen LogP contribution in [0, 0.1) is 5.82 Å². The number of amides is 1. The van der Waals surface area contributed by atoms with E-state index in [1.54, 1.807) is 6.07 Å². The third kappa shape index (κ3) is 3.13. The molecule has 1 aliphatic heterocycles. The summed E-state index contributed by atoms with van der Waals surface area (Å²) in [5, 5.41) is 0.298. The Labute approximate surface area is 123 Å². The van der Waals surface area contributed by atoms with Crippen LogP contribution in [0.25, 0.3) is 0 Å². The Morgan fingerprint density at radius 3 is 2.90 bits per heavy atom. The summed E-state index contributed by atoms with van der Waals surface area (Å²) in [6, 6.07) is 4.67. The van der Waals surface area contributed by atoms with Gasteiger partial charge in [-0.15, -0.1) is 0 Å². The Balaban J connectivity index is 2.18. The van der Waals surface area contributed by atoms with Gasteiger partial charge in [-0.1, -0.05) is 17.7 Å². The Morgan fingerprint density at radius 1 is 1.50 bits per heavy atom. The van der Waals surface area contributed by atoms with Gasteiger partial charge in [0.15, 0.2) is 0 Å². The molecule has 0 aliphatic carbocycles. The molecule has 1 aliphatic rings. The molecule has 0 bridgehead atoms. The summed E-state index contributed by atoms with van der Waals surface area (Å²) >= 11 is 5.98. The van der Waals surface area contributed by atoms with Crippen LogP contribution in [0.15, 0.2) is 18.2 Å². The Morgan fingerprint density at radius 2 is 2.25 bits per heavy atom. The van der Waals surface area contributed by atoms with Crippen molar-refractivity contribution in [1.82, 2.24) is 4.90 Å². The molecule has 2 rings (SSSR count). The first-order valence-electron chi connectivity index (χ1n) is 6.98. The number of halogens is 2. The van der Waals surface area contributed by atoms with Gasteiger partial charge < -0.3 is 10.6 Å². The van der Waals surface area contributed by atoms with Crippen LogP contribution in [0.2, 0.25) is 5.02 Å². The molecule has 0 spiro atoms. The second-order valence-corrected chi connectivity index (χ2v) is 5.75. The summed E-state index contributed by atoms with van der Waals surface area (Å²) in [4.78, 5) is 14.3. The van der Waals surface area contributed by atoms with Crippen molar-refractivity contribution in [3.05, 3.63) is 34.6 Å². The highest BCUT2D eigenvalue weighted by Gasteiger charge is 2.31. The lowest BCUT2D eigenvalue weighted by molar-refractivity contribution is -0.136. The number of carbonyl (C=O) groups excluding carboxylic acids is 1. The lowest BCUT2D eigenvalue weighted by Gasteiger charge is -2.40. The third-order valence-corrected chi connectivity index (χ3v) is 4.33. The first kappa shape index (κ1) is 15.3. The second-order valence-electron chi connectivity index (χ2n) is 5.35. The fourth-order valence-electron chi connectivity index (χ4n) is 2.91. The largest absolute Gasteiger partial charge is 0.335 e. The molecule has 3 nitrogen and oxygen atoms in total. The summed E-state index contributed by atoms with van der Waals surface area (Å²) in [5.41, 5.74) is 6.02. The molecule has 1 aromatic carbocycles. The molecule has 1 saturated heterocycles. The van der Waals surface area contributed by atoms with Gasteiger partial charge in [0.2, 0.25) is 5.91 Å². The van der Waals surface area contributed by atoms with Crippen LogP contribution >= 0.6 is 11.6 Å². The number of nitrogens with zero attached hydrogens (tertiary/aromatic N) is 1. The molecule has 2 atom stereocenters. The molecule has 1 fully saturated rings. The van der Waals surface area contributed by atoms with Crippen molar-refractivity contribution in [2.24, 2.45) is 5.73 Å². The van der Waals surface area contributed by atoms with Gasteiger partial charge in [-0.2, -0.15) is 0 Å². The van der Waals surface area contributed by atoms with E-state index in [1.807, 2.05) is 11.8 Å². The normalized spacial score (nSPS) is 22.9. The average Bonchev–Trinajstić information content (AvgIpc) is 2.42. The monoisotopic (exact) mass is 298 g/mol. The number of piperidine rings is 1. The lowest BCUT2D eigenvalue weighted by atomic mass is 9.95. The third-order valence-electron chi connectivity index (χ3n) is 3.98. The zero-order valence-corrected chi connectivity index (χ0v) is 12.4.